The molecule has 1 aromatic rings. The molecule has 0 saturated heterocycles. The van der Waals surface area contributed by atoms with Gasteiger partial charge in [0, 0.05) is 6.61 Å². The zero-order valence-electron chi connectivity index (χ0n) is 8.99. The molecule has 0 aliphatic rings. The minimum atomic E-state index is -1.57. The van der Waals surface area contributed by atoms with Crippen molar-refractivity contribution in [2.24, 2.45) is 0 Å². The van der Waals surface area contributed by atoms with Crippen molar-refractivity contribution in [2.45, 2.75) is 19.5 Å². The first-order chi connectivity index (χ1) is 6.64. The lowest BCUT2D eigenvalue weighted by Crippen LogP contribution is -2.28. The molecule has 0 aromatic heterocycles. The monoisotopic (exact) mass is 206 g/mol. The zero-order valence-corrected chi connectivity index (χ0v) is 9.99. The second kappa shape index (κ2) is 5.13. The van der Waals surface area contributed by atoms with Gasteiger partial charge in [-0.2, -0.15) is 0 Å². The molecule has 0 N–H and O–H groups in total. The molecule has 0 bridgehead atoms. The Bertz CT molecular complexity index is 280. The minimum absolute atomic E-state index is 0.801. The van der Waals surface area contributed by atoms with Crippen LogP contribution in [0.2, 0.25) is 13.1 Å². The summed E-state index contributed by atoms with van der Waals surface area (Å²) in [5.41, 5.74) is 3.30. The Balaban J connectivity index is 2.32. The van der Waals surface area contributed by atoms with Crippen LogP contribution >= 0.6 is 0 Å². The van der Waals surface area contributed by atoms with Gasteiger partial charge in [0.05, 0.1) is 0 Å². The smallest absolute Gasteiger partial charge is 0.210 e. The number of hydrogen-bond acceptors (Lipinski definition) is 1. The summed E-state index contributed by atoms with van der Waals surface area (Å²) < 4.78 is 5.80. The molecule has 1 rings (SSSR count). The highest BCUT2D eigenvalue weighted by Gasteiger charge is 2.16. The summed E-state index contributed by atoms with van der Waals surface area (Å²) in [5, 5.41) is 0. The van der Waals surface area contributed by atoms with Gasteiger partial charge < -0.3 is 4.43 Å². The summed E-state index contributed by atoms with van der Waals surface area (Å²) in [6, 6.07) is 10.4. The Morgan fingerprint density at radius 2 is 1.93 bits per heavy atom. The third kappa shape index (κ3) is 3.90. The number of benzene rings is 1. The molecule has 2 heteroatoms. The Labute approximate surface area is 87.5 Å². The van der Waals surface area contributed by atoms with Gasteiger partial charge >= 0.3 is 0 Å². The van der Waals surface area contributed by atoms with Gasteiger partial charge in [-0.3, -0.25) is 0 Å². The van der Waals surface area contributed by atoms with Gasteiger partial charge in [0.15, 0.2) is 0 Å². The van der Waals surface area contributed by atoms with Crippen molar-refractivity contribution in [3.05, 3.63) is 48.2 Å². The van der Waals surface area contributed by atoms with Crippen molar-refractivity contribution in [1.82, 2.24) is 0 Å². The van der Waals surface area contributed by atoms with Crippen LogP contribution in [-0.2, 0) is 10.8 Å². The summed E-state index contributed by atoms with van der Waals surface area (Å²) in [6.07, 6.45) is 0.991. The van der Waals surface area contributed by atoms with Gasteiger partial charge in [0.25, 0.3) is 0 Å². The standard InChI is InChI=1S/C12H18OSi/c1-4-14(2,3)13-11-10-12-8-6-5-7-9-12/h4-9H,1,10-11H2,2-3H3. The topological polar surface area (TPSA) is 9.23 Å². The molecule has 1 aromatic carbocycles. The Morgan fingerprint density at radius 3 is 2.50 bits per heavy atom. The molecule has 14 heavy (non-hydrogen) atoms. The Hall–Kier alpha value is -0.863. The largest absolute Gasteiger partial charge is 0.413 e. The van der Waals surface area contributed by atoms with E-state index in [2.05, 4.69) is 43.9 Å². The lowest BCUT2D eigenvalue weighted by molar-refractivity contribution is 0.319. The molecule has 0 unspecified atom stereocenters. The normalized spacial score (nSPS) is 11.3. The molecule has 0 spiro atoms. The van der Waals surface area contributed by atoms with E-state index < -0.39 is 8.32 Å². The fourth-order valence-electron chi connectivity index (χ4n) is 1.14. The van der Waals surface area contributed by atoms with E-state index in [0.29, 0.717) is 0 Å². The summed E-state index contributed by atoms with van der Waals surface area (Å²) >= 11 is 0. The second-order valence-electron chi connectivity index (χ2n) is 3.89. The second-order valence-corrected chi connectivity index (χ2v) is 7.80. The first-order valence-corrected chi connectivity index (χ1v) is 7.94. The van der Waals surface area contributed by atoms with Crippen LogP contribution in [0.3, 0.4) is 0 Å². The van der Waals surface area contributed by atoms with Gasteiger partial charge in [-0.05, 0) is 25.1 Å². The molecule has 0 saturated carbocycles. The third-order valence-corrected chi connectivity index (χ3v) is 4.13. The van der Waals surface area contributed by atoms with Crippen LogP contribution in [-0.4, -0.2) is 14.9 Å². The lowest BCUT2D eigenvalue weighted by atomic mass is 10.2. The maximum atomic E-state index is 5.80. The molecule has 0 fully saturated rings. The van der Waals surface area contributed by atoms with E-state index in [0.717, 1.165) is 13.0 Å². The van der Waals surface area contributed by atoms with Crippen LogP contribution in [0.1, 0.15) is 5.56 Å². The Morgan fingerprint density at radius 1 is 1.29 bits per heavy atom. The van der Waals surface area contributed by atoms with Crippen molar-refractivity contribution >= 4 is 8.32 Å². The van der Waals surface area contributed by atoms with Crippen LogP contribution in [0.5, 0.6) is 0 Å². The highest BCUT2D eigenvalue weighted by atomic mass is 28.4. The van der Waals surface area contributed by atoms with Crippen LogP contribution in [0.25, 0.3) is 0 Å². The van der Waals surface area contributed by atoms with E-state index in [4.69, 9.17) is 4.43 Å². The van der Waals surface area contributed by atoms with Crippen LogP contribution in [0.15, 0.2) is 42.6 Å². The van der Waals surface area contributed by atoms with Gasteiger partial charge in [0.2, 0.25) is 8.32 Å². The molecule has 0 aliphatic carbocycles. The zero-order chi connectivity index (χ0) is 10.4. The van der Waals surface area contributed by atoms with Crippen LogP contribution < -0.4 is 0 Å². The maximum Gasteiger partial charge on any atom is 0.210 e. The Kier molecular flexibility index (Phi) is 4.11. The molecule has 0 aliphatic heterocycles. The fourth-order valence-corrected chi connectivity index (χ4v) is 1.88. The average molecular weight is 206 g/mol. The van der Waals surface area contributed by atoms with Gasteiger partial charge in [0.1, 0.15) is 0 Å². The van der Waals surface area contributed by atoms with Crippen LogP contribution in [0.4, 0.5) is 0 Å². The highest BCUT2D eigenvalue weighted by molar-refractivity contribution is 6.76. The number of hydrogen-bond donors (Lipinski definition) is 0. The lowest BCUT2D eigenvalue weighted by Gasteiger charge is -2.17. The maximum absolute atomic E-state index is 5.80. The van der Waals surface area contributed by atoms with Crippen molar-refractivity contribution in [2.75, 3.05) is 6.61 Å². The van der Waals surface area contributed by atoms with Crippen LogP contribution in [0, 0.1) is 0 Å². The van der Waals surface area contributed by atoms with E-state index in [1.165, 1.54) is 5.56 Å². The first kappa shape index (κ1) is 11.2. The van der Waals surface area contributed by atoms with Gasteiger partial charge in [-0.15, -0.1) is 6.58 Å². The minimum Gasteiger partial charge on any atom is -0.413 e. The molecular weight excluding hydrogens is 188 g/mol. The predicted octanol–water partition coefficient (Wildman–Crippen LogP) is 3.18. The molecule has 0 radical (unpaired) electrons. The SMILES string of the molecule is C=C[Si](C)(C)OCCc1ccccc1. The summed E-state index contributed by atoms with van der Waals surface area (Å²) in [4.78, 5) is 0. The summed E-state index contributed by atoms with van der Waals surface area (Å²) in [6.45, 7) is 8.91. The quantitative estimate of drug-likeness (QED) is 0.672. The van der Waals surface area contributed by atoms with E-state index in [9.17, 15) is 0 Å². The van der Waals surface area contributed by atoms with Gasteiger partial charge in [-0.1, -0.05) is 36.0 Å². The molecule has 0 atom stereocenters. The highest BCUT2D eigenvalue weighted by Crippen LogP contribution is 2.07. The van der Waals surface area contributed by atoms with Crippen molar-refractivity contribution < 1.29 is 4.43 Å². The van der Waals surface area contributed by atoms with Crippen molar-refractivity contribution in [1.29, 1.82) is 0 Å². The average Bonchev–Trinajstić information content (AvgIpc) is 2.19. The molecule has 76 valence electrons. The van der Waals surface area contributed by atoms with E-state index in [-0.39, 0.29) is 0 Å². The third-order valence-electron chi connectivity index (χ3n) is 2.20. The molecule has 1 nitrogen and oxygen atoms in total. The summed E-state index contributed by atoms with van der Waals surface area (Å²) in [7, 11) is -1.57. The number of rotatable bonds is 5. The van der Waals surface area contributed by atoms with Crippen molar-refractivity contribution in [3.8, 4) is 0 Å². The van der Waals surface area contributed by atoms with E-state index in [1.54, 1.807) is 0 Å². The van der Waals surface area contributed by atoms with E-state index >= 15 is 0 Å². The predicted molar refractivity (Wildman–Crippen MR) is 63.8 cm³/mol. The first-order valence-electron chi connectivity index (χ1n) is 4.95. The molecule has 0 amide bonds. The van der Waals surface area contributed by atoms with E-state index in [1.807, 2.05) is 11.8 Å². The van der Waals surface area contributed by atoms with Gasteiger partial charge in [-0.25, -0.2) is 0 Å². The fraction of sp³-hybridized carbons (Fsp3) is 0.333. The molecular formula is C12H18OSi. The molecule has 0 heterocycles. The summed E-state index contributed by atoms with van der Waals surface area (Å²) in [5.74, 6) is 0. The van der Waals surface area contributed by atoms with Crippen molar-refractivity contribution in [3.63, 3.8) is 0 Å².